The summed E-state index contributed by atoms with van der Waals surface area (Å²) >= 11 is 0. The van der Waals surface area contributed by atoms with E-state index >= 15 is 0 Å². The van der Waals surface area contributed by atoms with E-state index in [4.69, 9.17) is 15.2 Å². The van der Waals surface area contributed by atoms with Crippen molar-refractivity contribution < 1.29 is 24.5 Å². The maximum absolute atomic E-state index is 12.7. The first-order chi connectivity index (χ1) is 24.5. The van der Waals surface area contributed by atoms with E-state index in [0.29, 0.717) is 55.5 Å². The van der Waals surface area contributed by atoms with E-state index in [1.54, 1.807) is 31.7 Å². The molecule has 6 N–H and O–H groups in total. The molecule has 4 aromatic heterocycles. The van der Waals surface area contributed by atoms with E-state index in [-0.39, 0.29) is 28.7 Å². The molecular weight excluding hydrogens is 664 g/mol. The Balaban J connectivity index is 1.04. The number of carbonyl (C=O) groups is 1. The number of aryl methyl sites for hydroxylation is 2. The molecule has 5 aromatic rings. The molecule has 0 saturated carbocycles. The van der Waals surface area contributed by atoms with E-state index in [1.165, 1.54) is 22.5 Å². The Morgan fingerprint density at radius 3 is 2.69 bits per heavy atom. The standard InChI is InChI=1S/C32H36N12O7/c1-5-34-28(47)24-22(45)23(46)30(51-24)44-15-36-20-25(33)38-31(39-26(20)44)35-10-11-43-12-13-50-18-14-16(6-8-17(18)43)7-9-19-37-27-21(40(19)2)29(48)42(4)32(49)41(27)3/h6-9,14-15,23,30,45-46H,5,10-13H2,1-4H3,(H,34,47)(H3,33,35,38,39)/b9-7+/t23-,30-/m1/s1. The van der Waals surface area contributed by atoms with Gasteiger partial charge in [-0.25, -0.2) is 14.8 Å². The van der Waals surface area contributed by atoms with Crippen LogP contribution in [0.15, 0.2) is 45.6 Å². The Kier molecular flexibility index (Phi) is 8.33. The predicted molar refractivity (Wildman–Crippen MR) is 187 cm³/mol. The number of nitrogens with one attached hydrogen (secondary N) is 2. The number of aromatic nitrogens is 8. The van der Waals surface area contributed by atoms with Crippen molar-refractivity contribution in [3.8, 4) is 5.75 Å². The number of likely N-dealkylation sites (N-methyl/N-ethyl adjacent to an activating group) is 1. The summed E-state index contributed by atoms with van der Waals surface area (Å²) in [4.78, 5) is 57.2. The molecule has 0 fully saturated rings. The van der Waals surface area contributed by atoms with Gasteiger partial charge in [0.25, 0.3) is 11.5 Å². The smallest absolute Gasteiger partial charge is 0.332 e. The number of imidazole rings is 2. The van der Waals surface area contributed by atoms with Crippen LogP contribution < -0.4 is 37.3 Å². The van der Waals surface area contributed by atoms with E-state index < -0.39 is 35.2 Å². The molecule has 266 valence electrons. The molecule has 2 aliphatic rings. The molecule has 51 heavy (non-hydrogen) atoms. The molecular formula is C32H36N12O7. The zero-order valence-corrected chi connectivity index (χ0v) is 28.2. The third-order valence-electron chi connectivity index (χ3n) is 8.83. The molecule has 2 atom stereocenters. The van der Waals surface area contributed by atoms with Crippen LogP contribution in [0.2, 0.25) is 0 Å². The largest absolute Gasteiger partial charge is 0.506 e. The summed E-state index contributed by atoms with van der Waals surface area (Å²) in [6, 6.07) is 5.84. The molecule has 0 bridgehead atoms. The Morgan fingerprint density at radius 1 is 1.10 bits per heavy atom. The van der Waals surface area contributed by atoms with Crippen molar-refractivity contribution in [3.63, 3.8) is 0 Å². The fraction of sp³-hybridized carbons (Fsp3) is 0.344. The molecule has 19 heteroatoms. The van der Waals surface area contributed by atoms with Crippen LogP contribution in [0.3, 0.4) is 0 Å². The number of benzene rings is 1. The Bertz CT molecular complexity index is 2390. The minimum Gasteiger partial charge on any atom is -0.506 e. The van der Waals surface area contributed by atoms with E-state index in [9.17, 15) is 24.6 Å². The van der Waals surface area contributed by atoms with Gasteiger partial charge in [-0.1, -0.05) is 12.1 Å². The predicted octanol–water partition coefficient (Wildman–Crippen LogP) is -0.0307. The van der Waals surface area contributed by atoms with Crippen molar-refractivity contribution in [2.45, 2.75) is 19.3 Å². The number of nitrogens with zero attached hydrogens (tertiary/aromatic N) is 9. The molecule has 1 aromatic carbocycles. The maximum atomic E-state index is 12.7. The normalized spacial score (nSPS) is 17.3. The Labute approximate surface area is 288 Å². The molecule has 0 aliphatic carbocycles. The van der Waals surface area contributed by atoms with E-state index in [0.717, 1.165) is 15.8 Å². The lowest BCUT2D eigenvalue weighted by Gasteiger charge is -2.31. The molecule has 19 nitrogen and oxygen atoms in total. The summed E-state index contributed by atoms with van der Waals surface area (Å²) in [5.41, 5.74) is 8.25. The lowest BCUT2D eigenvalue weighted by Crippen LogP contribution is -2.37. The number of carbonyl (C=O) groups excluding carboxylic acids is 1. The second-order valence-corrected chi connectivity index (χ2v) is 12.0. The summed E-state index contributed by atoms with van der Waals surface area (Å²) in [7, 11) is 4.76. The number of rotatable bonds is 9. The van der Waals surface area contributed by atoms with Gasteiger partial charge in [-0.2, -0.15) is 9.97 Å². The number of hydrogen-bond donors (Lipinski definition) is 5. The topological polar surface area (TPSA) is 235 Å². The van der Waals surface area contributed by atoms with Crippen molar-refractivity contribution >= 4 is 57.8 Å². The number of amides is 1. The third kappa shape index (κ3) is 5.66. The van der Waals surface area contributed by atoms with Crippen molar-refractivity contribution in [2.75, 3.05) is 48.7 Å². The first-order valence-corrected chi connectivity index (χ1v) is 16.1. The average Bonchev–Trinajstić information content (AvgIpc) is 3.78. The maximum Gasteiger partial charge on any atom is 0.332 e. The minimum atomic E-state index is -1.54. The first-order valence-electron chi connectivity index (χ1n) is 16.1. The van der Waals surface area contributed by atoms with E-state index in [2.05, 4.69) is 35.5 Å². The van der Waals surface area contributed by atoms with Crippen LogP contribution in [0.25, 0.3) is 34.5 Å². The summed E-state index contributed by atoms with van der Waals surface area (Å²) < 4.78 is 17.1. The average molecular weight is 701 g/mol. The van der Waals surface area contributed by atoms with Gasteiger partial charge < -0.3 is 45.5 Å². The number of fused-ring (bicyclic) bond motifs is 3. The van der Waals surface area contributed by atoms with Crippen LogP contribution in [0.5, 0.6) is 5.75 Å². The fourth-order valence-electron chi connectivity index (χ4n) is 6.13. The van der Waals surface area contributed by atoms with Crippen LogP contribution in [0.4, 0.5) is 17.5 Å². The summed E-state index contributed by atoms with van der Waals surface area (Å²) in [5.74, 6) is -0.0983. The highest BCUT2D eigenvalue weighted by Gasteiger charge is 2.41. The molecule has 0 radical (unpaired) electrons. The number of aliphatic hydroxyl groups is 2. The highest BCUT2D eigenvalue weighted by molar-refractivity contribution is 5.92. The zero-order chi connectivity index (χ0) is 36.1. The summed E-state index contributed by atoms with van der Waals surface area (Å²) in [6.45, 7) is 4.14. The number of hydrogen-bond acceptors (Lipinski definition) is 14. The molecule has 6 heterocycles. The van der Waals surface area contributed by atoms with Crippen LogP contribution in [-0.2, 0) is 30.7 Å². The van der Waals surface area contributed by atoms with Gasteiger partial charge in [-0.3, -0.25) is 23.3 Å². The van der Waals surface area contributed by atoms with Crippen LogP contribution in [-0.4, -0.2) is 93.2 Å². The summed E-state index contributed by atoms with van der Waals surface area (Å²) in [6.07, 6.45) is 2.26. The van der Waals surface area contributed by atoms with Gasteiger partial charge >= 0.3 is 5.69 Å². The van der Waals surface area contributed by atoms with Crippen LogP contribution >= 0.6 is 0 Å². The molecule has 7 rings (SSSR count). The SMILES string of the molecule is CCNC(=O)C1=C(O)[C@@H](O)[C@H](n2cnc3c(N)nc(NCCN4CCOc5cc(/C=C/c6nc7c(c(=O)n(C)c(=O)n7C)n6C)ccc54)nc32)O1. The molecule has 1 amide bonds. The van der Waals surface area contributed by atoms with Gasteiger partial charge in [0, 0.05) is 40.8 Å². The monoisotopic (exact) mass is 700 g/mol. The number of aliphatic hydroxyl groups excluding tert-OH is 2. The van der Waals surface area contributed by atoms with Crippen molar-refractivity contribution in [3.05, 3.63) is 68.3 Å². The summed E-state index contributed by atoms with van der Waals surface area (Å²) in [5, 5.41) is 26.7. The number of nitrogens with two attached hydrogens (primary N) is 1. The molecule has 0 saturated heterocycles. The van der Waals surface area contributed by atoms with E-state index in [1.807, 2.05) is 24.3 Å². The van der Waals surface area contributed by atoms with Gasteiger partial charge in [-0.05, 0) is 30.7 Å². The second-order valence-electron chi connectivity index (χ2n) is 12.0. The highest BCUT2D eigenvalue weighted by Crippen LogP contribution is 2.35. The minimum absolute atomic E-state index is 0.0947. The van der Waals surface area contributed by atoms with Crippen LogP contribution in [0, 0.1) is 0 Å². The molecule has 0 unspecified atom stereocenters. The van der Waals surface area contributed by atoms with Gasteiger partial charge in [-0.15, -0.1) is 0 Å². The fourth-order valence-corrected chi connectivity index (χ4v) is 6.13. The van der Waals surface area contributed by atoms with Gasteiger partial charge in [0.15, 0.2) is 34.5 Å². The van der Waals surface area contributed by atoms with Gasteiger partial charge in [0.1, 0.15) is 30.0 Å². The highest BCUT2D eigenvalue weighted by atomic mass is 16.5. The lowest BCUT2D eigenvalue weighted by molar-refractivity contribution is -0.122. The molecule has 0 spiro atoms. The Morgan fingerprint density at radius 2 is 1.90 bits per heavy atom. The second kappa shape index (κ2) is 12.8. The number of anilines is 3. The Hall–Kier alpha value is -6.37. The quantitative estimate of drug-likeness (QED) is 0.136. The van der Waals surface area contributed by atoms with Crippen molar-refractivity contribution in [1.82, 2.24) is 43.5 Å². The van der Waals surface area contributed by atoms with Crippen molar-refractivity contribution in [1.29, 1.82) is 0 Å². The molecule has 2 aliphatic heterocycles. The van der Waals surface area contributed by atoms with Gasteiger partial charge in [0.2, 0.25) is 17.9 Å². The zero-order valence-electron chi connectivity index (χ0n) is 28.2. The number of nitrogen functional groups attached to an aromatic ring is 1. The first kappa shape index (κ1) is 33.1. The third-order valence-corrected chi connectivity index (χ3v) is 8.83. The van der Waals surface area contributed by atoms with Gasteiger partial charge in [0.05, 0.1) is 12.2 Å². The van der Waals surface area contributed by atoms with Crippen LogP contribution in [0.1, 0.15) is 24.5 Å². The number of ether oxygens (including phenoxy) is 2. The van der Waals surface area contributed by atoms with Crippen molar-refractivity contribution in [2.24, 2.45) is 21.1 Å². The lowest BCUT2D eigenvalue weighted by atomic mass is 10.1.